The number of carbonyl (C=O) groups excluding carboxylic acids is 3. The van der Waals surface area contributed by atoms with E-state index in [1.54, 1.807) is 13.0 Å². The lowest BCUT2D eigenvalue weighted by Crippen LogP contribution is -2.46. The van der Waals surface area contributed by atoms with Crippen molar-refractivity contribution in [3.63, 3.8) is 0 Å². The molecule has 24 heavy (non-hydrogen) atoms. The summed E-state index contributed by atoms with van der Waals surface area (Å²) in [7, 11) is 0. The summed E-state index contributed by atoms with van der Waals surface area (Å²) in [5, 5.41) is 2.49. The van der Waals surface area contributed by atoms with Crippen molar-refractivity contribution >= 4 is 23.4 Å². The van der Waals surface area contributed by atoms with Gasteiger partial charge in [-0.15, -0.1) is 0 Å². The van der Waals surface area contributed by atoms with Crippen molar-refractivity contribution in [3.05, 3.63) is 29.6 Å². The van der Waals surface area contributed by atoms with Gasteiger partial charge in [-0.05, 0) is 44.4 Å². The maximum absolute atomic E-state index is 13.8. The Balaban J connectivity index is 1.77. The van der Waals surface area contributed by atoms with Crippen LogP contribution in [-0.2, 0) is 14.4 Å². The fourth-order valence-electron chi connectivity index (χ4n) is 3.66. The third kappa shape index (κ3) is 2.81. The van der Waals surface area contributed by atoms with Crippen molar-refractivity contribution < 1.29 is 18.8 Å². The Kier molecular flexibility index (Phi) is 4.39. The minimum absolute atomic E-state index is 0.0587. The van der Waals surface area contributed by atoms with Gasteiger partial charge < -0.3 is 5.32 Å². The number of rotatable bonds is 3. The van der Waals surface area contributed by atoms with Gasteiger partial charge >= 0.3 is 0 Å². The first-order valence-electron chi connectivity index (χ1n) is 8.34. The predicted molar refractivity (Wildman–Crippen MR) is 86.5 cm³/mol. The number of halogens is 1. The molecule has 3 rings (SSSR count). The number of likely N-dealkylation sites (tertiary alicyclic amines) is 1. The second-order valence-electron chi connectivity index (χ2n) is 6.69. The molecule has 6 heteroatoms. The zero-order chi connectivity index (χ0) is 17.4. The minimum atomic E-state index is -0.949. The van der Waals surface area contributed by atoms with E-state index in [1.807, 2.05) is 0 Å². The number of amides is 3. The molecule has 0 radical (unpaired) electrons. The molecule has 1 N–H and O–H groups in total. The number of hydrogen-bond donors (Lipinski definition) is 1. The Labute approximate surface area is 140 Å². The molecule has 128 valence electrons. The fraction of sp³-hybridized carbons (Fsp3) is 0.500. The van der Waals surface area contributed by atoms with Crippen molar-refractivity contribution in [2.45, 2.75) is 45.6 Å². The molecule has 2 fully saturated rings. The Morgan fingerprint density at radius 1 is 1.21 bits per heavy atom. The van der Waals surface area contributed by atoms with E-state index in [1.165, 1.54) is 19.1 Å². The van der Waals surface area contributed by atoms with E-state index >= 15 is 0 Å². The Morgan fingerprint density at radius 3 is 2.38 bits per heavy atom. The van der Waals surface area contributed by atoms with Crippen LogP contribution in [0.1, 0.15) is 38.2 Å². The SMILES string of the molecule is Cc1ccc(F)c(NC(=O)C(C)N2C(=O)C3CCCCC3C2=O)c1. The van der Waals surface area contributed by atoms with Gasteiger partial charge in [-0.2, -0.15) is 0 Å². The van der Waals surface area contributed by atoms with Crippen LogP contribution >= 0.6 is 0 Å². The fourth-order valence-corrected chi connectivity index (χ4v) is 3.66. The van der Waals surface area contributed by atoms with Gasteiger partial charge in [-0.25, -0.2) is 4.39 Å². The quantitative estimate of drug-likeness (QED) is 0.865. The second-order valence-corrected chi connectivity index (χ2v) is 6.69. The zero-order valence-corrected chi connectivity index (χ0v) is 13.8. The normalized spacial score (nSPS) is 24.7. The third-order valence-corrected chi connectivity index (χ3v) is 5.02. The van der Waals surface area contributed by atoms with Gasteiger partial charge in [0.1, 0.15) is 11.9 Å². The molecule has 1 aromatic carbocycles. The van der Waals surface area contributed by atoms with E-state index in [-0.39, 0.29) is 29.3 Å². The van der Waals surface area contributed by atoms with E-state index in [0.29, 0.717) is 12.8 Å². The van der Waals surface area contributed by atoms with E-state index in [0.717, 1.165) is 23.3 Å². The predicted octanol–water partition coefficient (Wildman–Crippen LogP) is 2.64. The summed E-state index contributed by atoms with van der Waals surface area (Å²) in [6.07, 6.45) is 3.27. The molecule has 1 saturated carbocycles. The van der Waals surface area contributed by atoms with Crippen molar-refractivity contribution in [1.82, 2.24) is 4.90 Å². The van der Waals surface area contributed by atoms with Crippen LogP contribution in [0.3, 0.4) is 0 Å². The molecule has 0 aromatic heterocycles. The largest absolute Gasteiger partial charge is 0.322 e. The highest BCUT2D eigenvalue weighted by Crippen LogP contribution is 2.38. The first-order chi connectivity index (χ1) is 11.4. The molecule has 1 saturated heterocycles. The number of imide groups is 1. The molecule has 1 aromatic rings. The number of aryl methyl sites for hydroxylation is 1. The number of benzene rings is 1. The van der Waals surface area contributed by atoms with Crippen molar-refractivity contribution in [2.75, 3.05) is 5.32 Å². The lowest BCUT2D eigenvalue weighted by atomic mass is 9.81. The number of anilines is 1. The molecule has 0 bridgehead atoms. The van der Waals surface area contributed by atoms with Crippen LogP contribution < -0.4 is 5.32 Å². The first-order valence-corrected chi connectivity index (χ1v) is 8.34. The maximum atomic E-state index is 13.8. The topological polar surface area (TPSA) is 66.5 Å². The summed E-state index contributed by atoms with van der Waals surface area (Å²) in [5.74, 6) is -2.22. The van der Waals surface area contributed by atoms with Gasteiger partial charge in [0.05, 0.1) is 17.5 Å². The lowest BCUT2D eigenvalue weighted by Gasteiger charge is -2.22. The molecule has 1 aliphatic heterocycles. The van der Waals surface area contributed by atoms with Gasteiger partial charge in [-0.3, -0.25) is 19.3 Å². The molecular formula is C18H21FN2O3. The lowest BCUT2D eigenvalue weighted by molar-refractivity contribution is -0.146. The summed E-state index contributed by atoms with van der Waals surface area (Å²) >= 11 is 0. The van der Waals surface area contributed by atoms with Crippen LogP contribution in [0.2, 0.25) is 0 Å². The molecular weight excluding hydrogens is 311 g/mol. The number of nitrogens with one attached hydrogen (secondary N) is 1. The molecule has 5 nitrogen and oxygen atoms in total. The van der Waals surface area contributed by atoms with Crippen molar-refractivity contribution in [1.29, 1.82) is 0 Å². The summed E-state index contributed by atoms with van der Waals surface area (Å²) in [6.45, 7) is 3.30. The number of fused-ring (bicyclic) bond motifs is 1. The Hall–Kier alpha value is -2.24. The molecule has 0 spiro atoms. The summed E-state index contributed by atoms with van der Waals surface area (Å²) in [4.78, 5) is 38.6. The van der Waals surface area contributed by atoms with E-state index in [2.05, 4.69) is 5.32 Å². The van der Waals surface area contributed by atoms with E-state index in [4.69, 9.17) is 0 Å². The van der Waals surface area contributed by atoms with Crippen molar-refractivity contribution in [3.8, 4) is 0 Å². The first kappa shape index (κ1) is 16.6. The average molecular weight is 332 g/mol. The highest BCUT2D eigenvalue weighted by Gasteiger charge is 2.50. The molecule has 1 aliphatic carbocycles. The van der Waals surface area contributed by atoms with Gasteiger partial charge in [-0.1, -0.05) is 18.9 Å². The maximum Gasteiger partial charge on any atom is 0.247 e. The zero-order valence-electron chi connectivity index (χ0n) is 13.8. The third-order valence-electron chi connectivity index (χ3n) is 5.02. The summed E-state index contributed by atoms with van der Waals surface area (Å²) < 4.78 is 13.8. The average Bonchev–Trinajstić information content (AvgIpc) is 2.82. The van der Waals surface area contributed by atoms with Gasteiger partial charge in [0.25, 0.3) is 0 Å². The standard InChI is InChI=1S/C18H21FN2O3/c1-10-7-8-14(19)15(9-10)20-16(22)11(2)21-17(23)12-5-3-4-6-13(12)18(21)24/h7-9,11-13H,3-6H2,1-2H3,(H,20,22). The molecule has 3 unspecified atom stereocenters. The van der Waals surface area contributed by atoms with Crippen LogP contribution in [0.5, 0.6) is 0 Å². The van der Waals surface area contributed by atoms with Crippen LogP contribution in [0.15, 0.2) is 18.2 Å². The van der Waals surface area contributed by atoms with Crippen LogP contribution in [0.25, 0.3) is 0 Å². The van der Waals surface area contributed by atoms with Crippen molar-refractivity contribution in [2.24, 2.45) is 11.8 Å². The monoisotopic (exact) mass is 332 g/mol. The Bertz CT molecular complexity index is 680. The Morgan fingerprint density at radius 2 is 1.79 bits per heavy atom. The van der Waals surface area contributed by atoms with E-state index in [9.17, 15) is 18.8 Å². The smallest absolute Gasteiger partial charge is 0.247 e. The van der Waals surface area contributed by atoms with E-state index < -0.39 is 17.8 Å². The minimum Gasteiger partial charge on any atom is -0.322 e. The number of hydrogen-bond acceptors (Lipinski definition) is 3. The van der Waals surface area contributed by atoms with Crippen LogP contribution in [0, 0.1) is 24.6 Å². The molecule has 3 amide bonds. The molecule has 1 heterocycles. The number of nitrogens with zero attached hydrogens (tertiary/aromatic N) is 1. The van der Waals surface area contributed by atoms with Gasteiger partial charge in [0, 0.05) is 0 Å². The molecule has 2 aliphatic rings. The second kappa shape index (κ2) is 6.34. The van der Waals surface area contributed by atoms with Crippen LogP contribution in [0.4, 0.5) is 10.1 Å². The van der Waals surface area contributed by atoms with Crippen LogP contribution in [-0.4, -0.2) is 28.7 Å². The van der Waals surface area contributed by atoms with Gasteiger partial charge in [0.15, 0.2) is 0 Å². The highest BCUT2D eigenvalue weighted by molar-refractivity contribution is 6.09. The van der Waals surface area contributed by atoms with Gasteiger partial charge in [0.2, 0.25) is 17.7 Å². The summed E-state index contributed by atoms with van der Waals surface area (Å²) in [5.41, 5.74) is 0.863. The molecule has 3 atom stereocenters. The summed E-state index contributed by atoms with van der Waals surface area (Å²) in [6, 6.07) is 3.45. The highest BCUT2D eigenvalue weighted by atomic mass is 19.1. The number of carbonyl (C=O) groups is 3.